The number of halogens is 1. The number of hydrogen-bond donors (Lipinski definition) is 0. The Morgan fingerprint density at radius 1 is 1.36 bits per heavy atom. The molecule has 0 saturated carbocycles. The first-order valence-electron chi connectivity index (χ1n) is 3.36. The number of ether oxygens (including phenoxy) is 1. The molecule has 0 bridgehead atoms. The van der Waals surface area contributed by atoms with Crippen LogP contribution in [0.25, 0.3) is 0 Å². The Morgan fingerprint density at radius 3 is 2.73 bits per heavy atom. The minimum atomic E-state index is 0.293. The lowest BCUT2D eigenvalue weighted by Crippen LogP contribution is -2.03. The first-order chi connectivity index (χ1) is 5.34. The standard InChI is InChI=1S/C8H9BrNO/c9-7-3-1-2-4-8(7)11-6-5-10/h1-4,10H,5-6H2. The Kier molecular flexibility index (Phi) is 3.39. The molecule has 1 radical (unpaired) electrons. The lowest BCUT2D eigenvalue weighted by atomic mass is 10.3. The van der Waals surface area contributed by atoms with Crippen LogP contribution in [0, 0.1) is 0 Å². The van der Waals surface area contributed by atoms with Crippen molar-refractivity contribution in [1.82, 2.24) is 5.73 Å². The molecular weight excluding hydrogens is 206 g/mol. The fraction of sp³-hybridized carbons (Fsp3) is 0.250. The van der Waals surface area contributed by atoms with Gasteiger partial charge in [0, 0.05) is 6.54 Å². The highest BCUT2D eigenvalue weighted by Gasteiger charge is 1.96. The molecule has 1 aromatic carbocycles. The van der Waals surface area contributed by atoms with Crippen LogP contribution in [0.15, 0.2) is 28.7 Å². The molecule has 3 heteroatoms. The van der Waals surface area contributed by atoms with E-state index in [1.807, 2.05) is 24.3 Å². The zero-order chi connectivity index (χ0) is 8.10. The summed E-state index contributed by atoms with van der Waals surface area (Å²) < 4.78 is 6.19. The van der Waals surface area contributed by atoms with Gasteiger partial charge in [-0.15, -0.1) is 0 Å². The van der Waals surface area contributed by atoms with Gasteiger partial charge in [-0.05, 0) is 28.1 Å². The van der Waals surface area contributed by atoms with Crippen LogP contribution >= 0.6 is 15.9 Å². The van der Waals surface area contributed by atoms with E-state index in [4.69, 9.17) is 10.5 Å². The normalized spacial score (nSPS) is 9.64. The van der Waals surface area contributed by atoms with Crippen molar-refractivity contribution >= 4 is 15.9 Å². The zero-order valence-electron chi connectivity index (χ0n) is 6.01. The van der Waals surface area contributed by atoms with E-state index in [0.29, 0.717) is 13.2 Å². The van der Waals surface area contributed by atoms with Crippen molar-refractivity contribution in [3.05, 3.63) is 28.7 Å². The van der Waals surface area contributed by atoms with Gasteiger partial charge in [0.05, 0.1) is 4.47 Å². The molecular formula is C8H9BrNO. The molecule has 11 heavy (non-hydrogen) atoms. The second-order valence-electron chi connectivity index (χ2n) is 2.03. The second kappa shape index (κ2) is 4.36. The molecule has 1 N–H and O–H groups in total. The average Bonchev–Trinajstić information content (AvgIpc) is 2.03. The van der Waals surface area contributed by atoms with Gasteiger partial charge in [-0.3, -0.25) is 5.73 Å². The van der Waals surface area contributed by atoms with Crippen LogP contribution in [0.2, 0.25) is 0 Å². The predicted octanol–water partition coefficient (Wildman–Crippen LogP) is 2.11. The van der Waals surface area contributed by atoms with Crippen molar-refractivity contribution < 1.29 is 4.74 Å². The largest absolute Gasteiger partial charge is 0.491 e. The highest BCUT2D eigenvalue weighted by atomic mass is 79.9. The van der Waals surface area contributed by atoms with E-state index in [-0.39, 0.29) is 0 Å². The number of rotatable bonds is 3. The van der Waals surface area contributed by atoms with Crippen LogP contribution in [0.5, 0.6) is 5.75 Å². The predicted molar refractivity (Wildman–Crippen MR) is 47.6 cm³/mol. The smallest absolute Gasteiger partial charge is 0.133 e. The molecule has 0 saturated heterocycles. The van der Waals surface area contributed by atoms with E-state index in [0.717, 1.165) is 10.2 Å². The van der Waals surface area contributed by atoms with Crippen molar-refractivity contribution in [2.45, 2.75) is 0 Å². The van der Waals surface area contributed by atoms with Gasteiger partial charge in [-0.2, -0.15) is 0 Å². The molecule has 0 unspecified atom stereocenters. The van der Waals surface area contributed by atoms with E-state index in [1.165, 1.54) is 0 Å². The maximum atomic E-state index is 6.88. The Balaban J connectivity index is 2.62. The number of benzene rings is 1. The van der Waals surface area contributed by atoms with E-state index in [9.17, 15) is 0 Å². The topological polar surface area (TPSA) is 33.0 Å². The maximum absolute atomic E-state index is 6.88. The molecule has 0 heterocycles. The van der Waals surface area contributed by atoms with Crippen molar-refractivity contribution in [3.63, 3.8) is 0 Å². The third-order valence-corrected chi connectivity index (χ3v) is 1.85. The summed E-state index contributed by atoms with van der Waals surface area (Å²) in [6.07, 6.45) is 0. The minimum absolute atomic E-state index is 0.293. The van der Waals surface area contributed by atoms with Crippen molar-refractivity contribution in [2.24, 2.45) is 0 Å². The molecule has 1 rings (SSSR count). The van der Waals surface area contributed by atoms with E-state index in [2.05, 4.69) is 15.9 Å². The van der Waals surface area contributed by atoms with E-state index >= 15 is 0 Å². The fourth-order valence-electron chi connectivity index (χ4n) is 0.723. The SMILES string of the molecule is [NH]CCOc1ccccc1Br. The van der Waals surface area contributed by atoms with Crippen LogP contribution in [0.3, 0.4) is 0 Å². The molecule has 0 atom stereocenters. The highest BCUT2D eigenvalue weighted by Crippen LogP contribution is 2.23. The van der Waals surface area contributed by atoms with Crippen LogP contribution in [-0.4, -0.2) is 13.2 Å². The summed E-state index contributed by atoms with van der Waals surface area (Å²) in [5.41, 5.74) is 6.88. The summed E-state index contributed by atoms with van der Waals surface area (Å²) in [6.45, 7) is 0.740. The van der Waals surface area contributed by atoms with Gasteiger partial charge >= 0.3 is 0 Å². The quantitative estimate of drug-likeness (QED) is 0.759. The summed E-state index contributed by atoms with van der Waals surface area (Å²) in [6, 6.07) is 7.63. The van der Waals surface area contributed by atoms with Gasteiger partial charge in [0.1, 0.15) is 12.4 Å². The van der Waals surface area contributed by atoms with Crippen LogP contribution in [-0.2, 0) is 0 Å². The minimum Gasteiger partial charge on any atom is -0.491 e. The van der Waals surface area contributed by atoms with Crippen LogP contribution < -0.4 is 10.5 Å². The van der Waals surface area contributed by atoms with Gasteiger partial charge in [0.15, 0.2) is 0 Å². The van der Waals surface area contributed by atoms with E-state index in [1.54, 1.807) is 0 Å². The lowest BCUT2D eigenvalue weighted by molar-refractivity contribution is 0.324. The van der Waals surface area contributed by atoms with Gasteiger partial charge in [0.25, 0.3) is 0 Å². The van der Waals surface area contributed by atoms with Crippen molar-refractivity contribution in [2.75, 3.05) is 13.2 Å². The van der Waals surface area contributed by atoms with Gasteiger partial charge in [-0.25, -0.2) is 0 Å². The third-order valence-electron chi connectivity index (χ3n) is 1.20. The molecule has 59 valence electrons. The molecule has 0 aliphatic rings. The van der Waals surface area contributed by atoms with Gasteiger partial charge in [-0.1, -0.05) is 12.1 Å². The summed E-state index contributed by atoms with van der Waals surface area (Å²) in [7, 11) is 0. The van der Waals surface area contributed by atoms with Crippen molar-refractivity contribution in [1.29, 1.82) is 0 Å². The monoisotopic (exact) mass is 214 g/mol. The molecule has 0 fully saturated rings. The zero-order valence-corrected chi connectivity index (χ0v) is 7.60. The molecule has 0 aliphatic heterocycles. The number of para-hydroxylation sites is 1. The van der Waals surface area contributed by atoms with Crippen LogP contribution in [0.1, 0.15) is 0 Å². The molecule has 0 amide bonds. The van der Waals surface area contributed by atoms with Gasteiger partial charge < -0.3 is 4.74 Å². The average molecular weight is 215 g/mol. The summed E-state index contributed by atoms with van der Waals surface area (Å²) >= 11 is 3.34. The molecule has 0 spiro atoms. The summed E-state index contributed by atoms with van der Waals surface area (Å²) in [5, 5.41) is 0. The Bertz CT molecular complexity index is 227. The first-order valence-corrected chi connectivity index (χ1v) is 4.16. The number of hydrogen-bond acceptors (Lipinski definition) is 1. The molecule has 2 nitrogen and oxygen atoms in total. The third kappa shape index (κ3) is 2.52. The van der Waals surface area contributed by atoms with Crippen molar-refractivity contribution in [3.8, 4) is 5.75 Å². The Hall–Kier alpha value is -0.540. The fourth-order valence-corrected chi connectivity index (χ4v) is 1.12. The maximum Gasteiger partial charge on any atom is 0.133 e. The summed E-state index contributed by atoms with van der Waals surface area (Å²) in [4.78, 5) is 0. The highest BCUT2D eigenvalue weighted by molar-refractivity contribution is 9.10. The molecule has 0 aromatic heterocycles. The Labute approximate surface area is 74.5 Å². The number of nitrogens with one attached hydrogen (secondary N) is 1. The second-order valence-corrected chi connectivity index (χ2v) is 2.88. The van der Waals surface area contributed by atoms with E-state index < -0.39 is 0 Å². The van der Waals surface area contributed by atoms with Gasteiger partial charge in [0.2, 0.25) is 0 Å². The molecule has 0 aliphatic carbocycles. The van der Waals surface area contributed by atoms with Crippen LogP contribution in [0.4, 0.5) is 0 Å². The molecule has 1 aromatic rings. The first kappa shape index (κ1) is 8.56. The Morgan fingerprint density at radius 2 is 2.09 bits per heavy atom. The summed E-state index contributed by atoms with van der Waals surface area (Å²) in [5.74, 6) is 0.805. The lowest BCUT2D eigenvalue weighted by Gasteiger charge is -2.04.